The Morgan fingerprint density at radius 3 is 2.49 bits per heavy atom. The Morgan fingerprint density at radius 2 is 1.73 bits per heavy atom. The number of aromatic nitrogens is 1. The molecule has 9 heteroatoms. The first-order chi connectivity index (χ1) is 17.8. The van der Waals surface area contributed by atoms with Gasteiger partial charge in [-0.15, -0.1) is 11.3 Å². The number of nitrogens with zero attached hydrogens (tertiary/aromatic N) is 5. The zero-order valence-corrected chi connectivity index (χ0v) is 21.3. The zero-order valence-electron chi connectivity index (χ0n) is 20.5. The van der Waals surface area contributed by atoms with Crippen LogP contribution in [0.3, 0.4) is 0 Å². The molecule has 5 rings (SSSR count). The molecule has 0 fully saturated rings. The van der Waals surface area contributed by atoms with Gasteiger partial charge in [0.25, 0.3) is 5.69 Å². The van der Waals surface area contributed by atoms with Gasteiger partial charge in [-0.25, -0.2) is 14.1 Å². The summed E-state index contributed by atoms with van der Waals surface area (Å²) >= 11 is 1.23. The normalized spacial score (nSPS) is 16.1. The smallest absolute Gasteiger partial charge is 0.294 e. The molecule has 7 nitrogen and oxygen atoms in total. The van der Waals surface area contributed by atoms with Crippen LogP contribution in [0.1, 0.15) is 19.4 Å². The summed E-state index contributed by atoms with van der Waals surface area (Å²) in [6.07, 6.45) is 3.60. The molecule has 1 aromatic heterocycles. The molecule has 2 heterocycles. The summed E-state index contributed by atoms with van der Waals surface area (Å²) in [6, 6.07) is 20.9. The van der Waals surface area contributed by atoms with Crippen molar-refractivity contribution in [3.05, 3.63) is 116 Å². The number of rotatable bonds is 5. The van der Waals surface area contributed by atoms with E-state index in [9.17, 15) is 14.5 Å². The average molecular weight is 514 g/mol. The van der Waals surface area contributed by atoms with Gasteiger partial charge in [-0.1, -0.05) is 56.3 Å². The van der Waals surface area contributed by atoms with Gasteiger partial charge in [-0.3, -0.25) is 10.1 Å². The molecular weight excluding hydrogens is 489 g/mol. The summed E-state index contributed by atoms with van der Waals surface area (Å²) in [4.78, 5) is 18.1. The van der Waals surface area contributed by atoms with Gasteiger partial charge in [0.05, 0.1) is 10.6 Å². The van der Waals surface area contributed by atoms with Crippen LogP contribution < -0.4 is 9.70 Å². The van der Waals surface area contributed by atoms with Crippen LogP contribution in [0, 0.1) is 15.9 Å². The summed E-state index contributed by atoms with van der Waals surface area (Å²) in [5, 5.41) is 17.9. The summed E-state index contributed by atoms with van der Waals surface area (Å²) in [7, 11) is 2.02. The number of halogens is 1. The number of likely N-dealkylation sites (N-methyl/N-ethyl adjacent to an activating group) is 1. The minimum atomic E-state index is -0.474. The first kappa shape index (κ1) is 24.3. The Labute approximate surface area is 217 Å². The second-order valence-corrected chi connectivity index (χ2v) is 9.91. The van der Waals surface area contributed by atoms with E-state index in [0.29, 0.717) is 16.1 Å². The van der Waals surface area contributed by atoms with Crippen molar-refractivity contribution in [2.45, 2.75) is 19.3 Å². The van der Waals surface area contributed by atoms with Crippen LogP contribution in [0.4, 0.5) is 21.5 Å². The highest BCUT2D eigenvalue weighted by Gasteiger charge is 2.37. The molecule has 186 valence electrons. The minimum Gasteiger partial charge on any atom is -0.347 e. The van der Waals surface area contributed by atoms with Gasteiger partial charge >= 0.3 is 0 Å². The Bertz CT molecular complexity index is 1630. The van der Waals surface area contributed by atoms with E-state index >= 15 is 0 Å². The van der Waals surface area contributed by atoms with Gasteiger partial charge in [0.2, 0.25) is 4.80 Å². The third-order valence-corrected chi connectivity index (χ3v) is 7.30. The summed E-state index contributed by atoms with van der Waals surface area (Å²) in [6.45, 7) is 4.32. The minimum absolute atomic E-state index is 0.118. The highest BCUT2D eigenvalue weighted by molar-refractivity contribution is 7.07. The van der Waals surface area contributed by atoms with Gasteiger partial charge in [0, 0.05) is 47.1 Å². The van der Waals surface area contributed by atoms with Crippen molar-refractivity contribution in [2.24, 2.45) is 10.1 Å². The number of allylic oxidation sites excluding steroid dienone is 2. The standard InChI is InChI=1S/C28H24FN5O2S/c1-28(2)20-11-5-8-14-23(20)32(3)26(28)16-17-30-33-25(19-10-4-6-12-21(19)29)18-37-27(33)31-22-13-7-9-15-24(22)34(35)36/h4-18H,1-3H3. The van der Waals surface area contributed by atoms with Crippen molar-refractivity contribution in [3.8, 4) is 11.3 Å². The van der Waals surface area contributed by atoms with Crippen molar-refractivity contribution in [3.63, 3.8) is 0 Å². The fourth-order valence-electron chi connectivity index (χ4n) is 4.63. The third-order valence-electron chi connectivity index (χ3n) is 6.48. The highest BCUT2D eigenvalue weighted by atomic mass is 32.1. The van der Waals surface area contributed by atoms with E-state index in [4.69, 9.17) is 0 Å². The molecule has 1 aliphatic heterocycles. The SMILES string of the molecule is CN1C(=CC=Nn2c(-c3ccccc3F)csc2=Nc2ccccc2[N+](=O)[O-])C(C)(C)c2ccccc21. The van der Waals surface area contributed by atoms with Crippen molar-refractivity contribution in [2.75, 3.05) is 11.9 Å². The van der Waals surface area contributed by atoms with Crippen LogP contribution >= 0.6 is 11.3 Å². The first-order valence-electron chi connectivity index (χ1n) is 11.6. The molecule has 1 aliphatic rings. The predicted octanol–water partition coefficient (Wildman–Crippen LogP) is 6.64. The van der Waals surface area contributed by atoms with E-state index in [1.54, 1.807) is 48.0 Å². The Balaban J connectivity index is 1.64. The number of hydrogen-bond acceptors (Lipinski definition) is 6. The number of para-hydroxylation sites is 3. The van der Waals surface area contributed by atoms with Crippen molar-refractivity contribution in [1.29, 1.82) is 0 Å². The lowest BCUT2D eigenvalue weighted by molar-refractivity contribution is -0.384. The molecule has 0 spiro atoms. The van der Waals surface area contributed by atoms with Crippen molar-refractivity contribution < 1.29 is 9.31 Å². The van der Waals surface area contributed by atoms with E-state index in [2.05, 4.69) is 41.0 Å². The van der Waals surface area contributed by atoms with Crippen LogP contribution in [-0.2, 0) is 5.41 Å². The number of fused-ring (bicyclic) bond motifs is 1. The Hall–Kier alpha value is -4.37. The maximum atomic E-state index is 14.7. The number of hydrogen-bond donors (Lipinski definition) is 0. The highest BCUT2D eigenvalue weighted by Crippen LogP contribution is 2.46. The van der Waals surface area contributed by atoms with Crippen LogP contribution in [0.2, 0.25) is 0 Å². The van der Waals surface area contributed by atoms with E-state index < -0.39 is 10.7 Å². The molecule has 37 heavy (non-hydrogen) atoms. The number of thiazole rings is 1. The molecule has 0 radical (unpaired) electrons. The van der Waals surface area contributed by atoms with Crippen LogP contribution in [0.25, 0.3) is 11.3 Å². The number of benzene rings is 3. The molecule has 0 amide bonds. The van der Waals surface area contributed by atoms with Gasteiger partial charge < -0.3 is 4.90 Å². The number of anilines is 1. The van der Waals surface area contributed by atoms with E-state index in [0.717, 1.165) is 11.4 Å². The van der Waals surface area contributed by atoms with Gasteiger partial charge in [0.15, 0.2) is 0 Å². The molecule has 0 unspecified atom stereocenters. The number of nitro groups is 1. The lowest BCUT2D eigenvalue weighted by atomic mass is 9.84. The van der Waals surface area contributed by atoms with Crippen LogP contribution in [0.5, 0.6) is 0 Å². The molecule has 0 saturated heterocycles. The first-order valence-corrected chi connectivity index (χ1v) is 12.5. The van der Waals surface area contributed by atoms with E-state index in [-0.39, 0.29) is 16.8 Å². The van der Waals surface area contributed by atoms with Gasteiger partial charge in [-0.2, -0.15) is 5.10 Å². The Morgan fingerprint density at radius 1 is 1.03 bits per heavy atom. The fraction of sp³-hybridized carbons (Fsp3) is 0.143. The maximum Gasteiger partial charge on any atom is 0.294 e. The zero-order chi connectivity index (χ0) is 26.2. The average Bonchev–Trinajstić information content (AvgIpc) is 3.36. The molecule has 0 aliphatic carbocycles. The second-order valence-electron chi connectivity index (χ2n) is 9.07. The van der Waals surface area contributed by atoms with Gasteiger partial charge in [0.1, 0.15) is 11.5 Å². The van der Waals surface area contributed by atoms with Crippen molar-refractivity contribution in [1.82, 2.24) is 4.68 Å². The lowest BCUT2D eigenvalue weighted by Crippen LogP contribution is -2.23. The topological polar surface area (TPSA) is 76.0 Å². The summed E-state index contributed by atoms with van der Waals surface area (Å²) < 4.78 is 16.3. The predicted molar refractivity (Wildman–Crippen MR) is 146 cm³/mol. The lowest BCUT2D eigenvalue weighted by Gasteiger charge is -2.23. The second kappa shape index (κ2) is 9.59. The summed E-state index contributed by atoms with van der Waals surface area (Å²) in [5.74, 6) is -0.396. The van der Waals surface area contributed by atoms with Crippen LogP contribution in [0.15, 0.2) is 100 Å². The third kappa shape index (κ3) is 4.38. The van der Waals surface area contributed by atoms with E-state index in [1.165, 1.54) is 33.7 Å². The van der Waals surface area contributed by atoms with E-state index in [1.807, 2.05) is 25.3 Å². The number of nitro benzene ring substituents is 1. The molecule has 0 saturated carbocycles. The van der Waals surface area contributed by atoms with Gasteiger partial charge in [-0.05, 0) is 35.9 Å². The molecular formula is C28H24FN5O2S. The quantitative estimate of drug-likeness (QED) is 0.170. The van der Waals surface area contributed by atoms with Crippen molar-refractivity contribution >= 4 is 34.6 Å². The molecule has 3 aromatic carbocycles. The largest absolute Gasteiger partial charge is 0.347 e. The molecule has 0 N–H and O–H groups in total. The Kier molecular flexibility index (Phi) is 6.31. The summed E-state index contributed by atoms with van der Waals surface area (Å²) in [5.41, 5.74) is 4.11. The van der Waals surface area contributed by atoms with Crippen LogP contribution in [-0.4, -0.2) is 22.9 Å². The maximum absolute atomic E-state index is 14.7. The molecule has 4 aromatic rings. The fourth-order valence-corrected chi connectivity index (χ4v) is 5.47. The molecule has 0 atom stereocenters. The molecule has 0 bridgehead atoms. The monoisotopic (exact) mass is 513 g/mol.